The molecular formula is C11H19BF2O2. The molecule has 0 aromatic heterocycles. The van der Waals surface area contributed by atoms with Gasteiger partial charge in [-0.15, -0.1) is 0 Å². The summed E-state index contributed by atoms with van der Waals surface area (Å²) >= 11 is 0. The summed E-state index contributed by atoms with van der Waals surface area (Å²) in [6.45, 7) is 10.6. The van der Waals surface area contributed by atoms with Crippen molar-refractivity contribution in [3.05, 3.63) is 0 Å². The first-order valence-electron chi connectivity index (χ1n) is 5.70. The van der Waals surface area contributed by atoms with E-state index in [4.69, 9.17) is 9.31 Å². The van der Waals surface area contributed by atoms with Crippen molar-refractivity contribution in [3.63, 3.8) is 0 Å². The van der Waals surface area contributed by atoms with Gasteiger partial charge in [0.05, 0.1) is 16.5 Å². The van der Waals surface area contributed by atoms with Crippen LogP contribution in [0.3, 0.4) is 0 Å². The molecule has 16 heavy (non-hydrogen) atoms. The Kier molecular flexibility index (Phi) is 2.16. The molecule has 1 saturated carbocycles. The lowest BCUT2D eigenvalue weighted by Crippen LogP contribution is -2.41. The Morgan fingerprint density at radius 1 is 0.938 bits per heavy atom. The molecule has 0 aromatic rings. The number of hydrogen-bond donors (Lipinski definition) is 0. The highest BCUT2D eigenvalue weighted by Gasteiger charge is 2.83. The maximum Gasteiger partial charge on any atom is 0.470 e. The number of hydrogen-bond acceptors (Lipinski definition) is 2. The maximum absolute atomic E-state index is 13.6. The predicted octanol–water partition coefficient (Wildman–Crippen LogP) is 3.12. The summed E-state index contributed by atoms with van der Waals surface area (Å²) in [6.07, 6.45) is 0. The van der Waals surface area contributed by atoms with Gasteiger partial charge in [0.1, 0.15) is 0 Å². The fourth-order valence-corrected chi connectivity index (χ4v) is 2.21. The Hall–Kier alpha value is -0.155. The van der Waals surface area contributed by atoms with E-state index in [1.807, 2.05) is 27.7 Å². The van der Waals surface area contributed by atoms with Crippen LogP contribution in [-0.2, 0) is 9.31 Å². The van der Waals surface area contributed by atoms with Crippen LogP contribution in [0.25, 0.3) is 0 Å². The highest BCUT2D eigenvalue weighted by molar-refractivity contribution is 6.51. The van der Waals surface area contributed by atoms with Gasteiger partial charge in [-0.05, 0) is 27.7 Å². The molecule has 2 aliphatic rings. The first kappa shape index (κ1) is 12.3. The average molecular weight is 232 g/mol. The smallest absolute Gasteiger partial charge is 0.403 e. The van der Waals surface area contributed by atoms with Crippen LogP contribution < -0.4 is 0 Å². The molecule has 0 aromatic carbocycles. The van der Waals surface area contributed by atoms with Crippen LogP contribution in [0, 0.1) is 5.92 Å². The normalized spacial score (nSPS) is 43.5. The van der Waals surface area contributed by atoms with Crippen LogP contribution in [0.5, 0.6) is 0 Å². The summed E-state index contributed by atoms with van der Waals surface area (Å²) < 4.78 is 38.5. The van der Waals surface area contributed by atoms with E-state index in [2.05, 4.69) is 0 Å². The van der Waals surface area contributed by atoms with Crippen molar-refractivity contribution in [2.24, 2.45) is 5.92 Å². The first-order chi connectivity index (χ1) is 6.97. The fraction of sp³-hybridized carbons (Fsp3) is 1.00. The summed E-state index contributed by atoms with van der Waals surface area (Å²) in [5.41, 5.74) is -1.09. The highest BCUT2D eigenvalue weighted by Crippen LogP contribution is 2.74. The zero-order valence-corrected chi connectivity index (χ0v) is 10.7. The summed E-state index contributed by atoms with van der Waals surface area (Å²) in [5.74, 6) is -3.37. The van der Waals surface area contributed by atoms with Crippen LogP contribution in [-0.4, -0.2) is 24.2 Å². The van der Waals surface area contributed by atoms with E-state index < -0.39 is 35.5 Å². The summed E-state index contributed by atoms with van der Waals surface area (Å²) in [6, 6.07) is 0. The Morgan fingerprint density at radius 2 is 1.25 bits per heavy atom. The van der Waals surface area contributed by atoms with Crippen molar-refractivity contribution >= 4 is 7.12 Å². The molecule has 2 fully saturated rings. The minimum absolute atomic E-state index is 0.543. The molecule has 2 rings (SSSR count). The van der Waals surface area contributed by atoms with Gasteiger partial charge in [-0.2, -0.15) is 0 Å². The minimum Gasteiger partial charge on any atom is -0.403 e. The summed E-state index contributed by atoms with van der Waals surface area (Å²) in [7, 11) is -0.817. The molecule has 0 amide bonds. The van der Waals surface area contributed by atoms with E-state index in [1.165, 1.54) is 0 Å². The van der Waals surface area contributed by atoms with Gasteiger partial charge in [0.25, 0.3) is 5.92 Å². The van der Waals surface area contributed by atoms with Crippen LogP contribution in [0.1, 0.15) is 41.5 Å². The molecule has 2 nitrogen and oxygen atoms in total. The van der Waals surface area contributed by atoms with Gasteiger partial charge in [0.15, 0.2) is 0 Å². The fourth-order valence-electron chi connectivity index (χ4n) is 2.21. The second-order valence-electron chi connectivity index (χ2n) is 6.22. The second kappa shape index (κ2) is 2.81. The summed E-state index contributed by atoms with van der Waals surface area (Å²) in [4.78, 5) is 0. The lowest BCUT2D eigenvalue weighted by molar-refractivity contribution is 0.00578. The number of halogens is 2. The molecule has 2 atom stereocenters. The standard InChI is InChI=1S/C11H19BF2O2/c1-7-10(6,11(7,13)14)12-15-8(2,3)9(4,5)16-12/h7H,1-6H3/t7-,10-/m1/s1. The molecule has 0 bridgehead atoms. The zero-order valence-electron chi connectivity index (χ0n) is 10.7. The Balaban J connectivity index is 2.23. The average Bonchev–Trinajstić information content (AvgIpc) is 2.39. The van der Waals surface area contributed by atoms with Gasteiger partial charge in [0.2, 0.25) is 0 Å². The molecule has 5 heteroatoms. The maximum atomic E-state index is 13.6. The van der Waals surface area contributed by atoms with E-state index in [1.54, 1.807) is 13.8 Å². The molecule has 1 heterocycles. The van der Waals surface area contributed by atoms with Crippen molar-refractivity contribution in [1.82, 2.24) is 0 Å². The van der Waals surface area contributed by atoms with Crippen LogP contribution >= 0.6 is 0 Å². The van der Waals surface area contributed by atoms with Crippen LogP contribution in [0.15, 0.2) is 0 Å². The molecule has 0 unspecified atom stereocenters. The third kappa shape index (κ3) is 1.19. The SMILES string of the molecule is C[C@H]1C(F)(F)[C@]1(C)B1OC(C)(C)C(C)(C)O1. The van der Waals surface area contributed by atoms with Crippen LogP contribution in [0.4, 0.5) is 8.78 Å². The van der Waals surface area contributed by atoms with E-state index in [0.717, 1.165) is 0 Å². The van der Waals surface area contributed by atoms with Gasteiger partial charge >= 0.3 is 7.12 Å². The van der Waals surface area contributed by atoms with E-state index in [9.17, 15) is 8.78 Å². The van der Waals surface area contributed by atoms with Crippen molar-refractivity contribution in [2.75, 3.05) is 0 Å². The zero-order chi connectivity index (χ0) is 12.6. The van der Waals surface area contributed by atoms with E-state index in [0.29, 0.717) is 0 Å². The quantitative estimate of drug-likeness (QED) is 0.646. The van der Waals surface area contributed by atoms with Gasteiger partial charge < -0.3 is 9.31 Å². The lowest BCUT2D eigenvalue weighted by Gasteiger charge is -2.32. The Labute approximate surface area is 95.8 Å². The number of rotatable bonds is 1. The molecule has 0 N–H and O–H groups in total. The van der Waals surface area contributed by atoms with Gasteiger partial charge in [0, 0.05) is 5.92 Å². The Bertz CT molecular complexity index is 314. The molecule has 0 spiro atoms. The third-order valence-corrected chi connectivity index (χ3v) is 4.82. The molecule has 92 valence electrons. The third-order valence-electron chi connectivity index (χ3n) is 4.82. The van der Waals surface area contributed by atoms with Crippen molar-refractivity contribution < 1.29 is 18.1 Å². The van der Waals surface area contributed by atoms with Crippen molar-refractivity contribution in [3.8, 4) is 0 Å². The molecule has 1 saturated heterocycles. The van der Waals surface area contributed by atoms with Crippen molar-refractivity contribution in [2.45, 2.75) is 64.0 Å². The topological polar surface area (TPSA) is 18.5 Å². The Morgan fingerprint density at radius 3 is 1.50 bits per heavy atom. The van der Waals surface area contributed by atoms with Gasteiger partial charge in [-0.25, -0.2) is 8.78 Å². The molecule has 1 aliphatic carbocycles. The molecular weight excluding hydrogens is 213 g/mol. The molecule has 1 aliphatic heterocycles. The van der Waals surface area contributed by atoms with Crippen LogP contribution in [0.2, 0.25) is 5.31 Å². The summed E-state index contributed by atoms with van der Waals surface area (Å²) in [5, 5.41) is -1.18. The molecule has 0 radical (unpaired) electrons. The lowest BCUT2D eigenvalue weighted by atomic mass is 9.67. The predicted molar refractivity (Wildman–Crippen MR) is 58.6 cm³/mol. The number of alkyl halides is 2. The first-order valence-corrected chi connectivity index (χ1v) is 5.70. The second-order valence-corrected chi connectivity index (χ2v) is 6.22. The van der Waals surface area contributed by atoms with E-state index >= 15 is 0 Å². The van der Waals surface area contributed by atoms with E-state index in [-0.39, 0.29) is 0 Å². The van der Waals surface area contributed by atoms with Gasteiger partial charge in [-0.1, -0.05) is 13.8 Å². The minimum atomic E-state index is -2.69. The van der Waals surface area contributed by atoms with Crippen molar-refractivity contribution in [1.29, 1.82) is 0 Å². The monoisotopic (exact) mass is 232 g/mol. The highest BCUT2D eigenvalue weighted by atomic mass is 19.3. The largest absolute Gasteiger partial charge is 0.470 e. The van der Waals surface area contributed by atoms with Gasteiger partial charge in [-0.3, -0.25) is 0 Å².